The summed E-state index contributed by atoms with van der Waals surface area (Å²) >= 11 is 0. The van der Waals surface area contributed by atoms with Gasteiger partial charge in [0.1, 0.15) is 11.5 Å². The van der Waals surface area contributed by atoms with Crippen LogP contribution in [-0.4, -0.2) is 56.1 Å². The van der Waals surface area contributed by atoms with Gasteiger partial charge < -0.3 is 14.4 Å². The van der Waals surface area contributed by atoms with Crippen LogP contribution in [0.15, 0.2) is 18.2 Å². The third-order valence-corrected chi connectivity index (χ3v) is 4.89. The number of carbonyl (C=O) groups is 1. The highest BCUT2D eigenvalue weighted by Gasteiger charge is 2.27. The highest BCUT2D eigenvalue weighted by atomic mass is 16.5. The van der Waals surface area contributed by atoms with Gasteiger partial charge in [0.15, 0.2) is 0 Å². The van der Waals surface area contributed by atoms with E-state index in [0.29, 0.717) is 5.91 Å². The zero-order valence-corrected chi connectivity index (χ0v) is 15.4. The average molecular weight is 334 g/mol. The van der Waals surface area contributed by atoms with Gasteiger partial charge in [-0.3, -0.25) is 9.69 Å². The molecule has 0 saturated carbocycles. The number of nitrogens with zero attached hydrogens (tertiary/aromatic N) is 2. The maximum atomic E-state index is 12.5. The van der Waals surface area contributed by atoms with Crippen LogP contribution >= 0.6 is 0 Å². The van der Waals surface area contributed by atoms with Gasteiger partial charge in [-0.2, -0.15) is 0 Å². The fourth-order valence-electron chi connectivity index (χ4n) is 3.38. The predicted molar refractivity (Wildman–Crippen MR) is 95.5 cm³/mol. The molecule has 1 aliphatic rings. The monoisotopic (exact) mass is 334 g/mol. The number of ether oxygens (including phenoxy) is 2. The summed E-state index contributed by atoms with van der Waals surface area (Å²) in [6.45, 7) is 8.41. The number of methoxy groups -OCH3 is 2. The van der Waals surface area contributed by atoms with Crippen molar-refractivity contribution in [3.63, 3.8) is 0 Å². The Morgan fingerprint density at radius 3 is 2.38 bits per heavy atom. The molecule has 1 amide bonds. The van der Waals surface area contributed by atoms with Crippen LogP contribution in [0.25, 0.3) is 0 Å². The van der Waals surface area contributed by atoms with Crippen molar-refractivity contribution in [2.45, 2.75) is 33.2 Å². The zero-order valence-electron chi connectivity index (χ0n) is 15.4. The maximum Gasteiger partial charge on any atom is 0.225 e. The number of hydrogen-bond acceptors (Lipinski definition) is 4. The SMILES string of the molecule is CCN(CC)C(=O)C1CCN(Cc2cc(OC)ccc2OC)CC1. The summed E-state index contributed by atoms with van der Waals surface area (Å²) in [5.74, 6) is 2.22. The summed E-state index contributed by atoms with van der Waals surface area (Å²) in [5, 5.41) is 0. The van der Waals surface area contributed by atoms with Crippen LogP contribution in [-0.2, 0) is 11.3 Å². The van der Waals surface area contributed by atoms with Crippen molar-refractivity contribution >= 4 is 5.91 Å². The summed E-state index contributed by atoms with van der Waals surface area (Å²) in [4.78, 5) is 16.8. The van der Waals surface area contributed by atoms with Crippen molar-refractivity contribution in [1.29, 1.82) is 0 Å². The summed E-state index contributed by atoms with van der Waals surface area (Å²) in [7, 11) is 3.37. The van der Waals surface area contributed by atoms with E-state index in [1.165, 1.54) is 0 Å². The molecule has 0 unspecified atom stereocenters. The van der Waals surface area contributed by atoms with E-state index in [0.717, 1.165) is 62.6 Å². The molecule has 1 heterocycles. The molecule has 0 bridgehead atoms. The molecule has 0 radical (unpaired) electrons. The molecule has 1 aliphatic heterocycles. The Balaban J connectivity index is 1.95. The van der Waals surface area contributed by atoms with E-state index in [1.54, 1.807) is 14.2 Å². The van der Waals surface area contributed by atoms with Crippen LogP contribution < -0.4 is 9.47 Å². The lowest BCUT2D eigenvalue weighted by molar-refractivity contribution is -0.136. The van der Waals surface area contributed by atoms with E-state index in [4.69, 9.17) is 9.47 Å². The van der Waals surface area contributed by atoms with E-state index < -0.39 is 0 Å². The van der Waals surface area contributed by atoms with Crippen molar-refractivity contribution in [3.05, 3.63) is 23.8 Å². The van der Waals surface area contributed by atoms with Crippen molar-refractivity contribution in [2.75, 3.05) is 40.4 Å². The van der Waals surface area contributed by atoms with Crippen molar-refractivity contribution in [2.24, 2.45) is 5.92 Å². The number of benzene rings is 1. The maximum absolute atomic E-state index is 12.5. The van der Waals surface area contributed by atoms with Gasteiger partial charge in [-0.25, -0.2) is 0 Å². The smallest absolute Gasteiger partial charge is 0.225 e. The van der Waals surface area contributed by atoms with Crippen molar-refractivity contribution in [3.8, 4) is 11.5 Å². The highest BCUT2D eigenvalue weighted by molar-refractivity contribution is 5.78. The third kappa shape index (κ3) is 4.41. The lowest BCUT2D eigenvalue weighted by Gasteiger charge is -2.34. The normalized spacial score (nSPS) is 16.0. The molecule has 0 N–H and O–H groups in total. The van der Waals surface area contributed by atoms with E-state index in [9.17, 15) is 4.79 Å². The Bertz CT molecular complexity index is 535. The van der Waals surface area contributed by atoms with Crippen LogP contribution in [0.4, 0.5) is 0 Å². The van der Waals surface area contributed by atoms with Gasteiger partial charge in [0.05, 0.1) is 14.2 Å². The molecule has 0 aromatic heterocycles. The summed E-state index contributed by atoms with van der Waals surface area (Å²) in [6, 6.07) is 5.90. The quantitative estimate of drug-likeness (QED) is 0.769. The number of piperidine rings is 1. The molecule has 134 valence electrons. The fourth-order valence-corrected chi connectivity index (χ4v) is 3.38. The van der Waals surface area contributed by atoms with Crippen LogP contribution in [0.2, 0.25) is 0 Å². The summed E-state index contributed by atoms with van der Waals surface area (Å²) < 4.78 is 10.8. The standard InChI is InChI=1S/C19H30N2O3/c1-5-21(6-2)19(22)15-9-11-20(12-10-15)14-16-13-17(23-3)7-8-18(16)24-4/h7-8,13,15H,5-6,9-12,14H2,1-4H3. The first-order chi connectivity index (χ1) is 11.6. The van der Waals surface area contributed by atoms with Crippen LogP contribution in [0.1, 0.15) is 32.3 Å². The Morgan fingerprint density at radius 2 is 1.83 bits per heavy atom. The molecular formula is C19H30N2O3. The topological polar surface area (TPSA) is 42.0 Å². The molecular weight excluding hydrogens is 304 g/mol. The number of likely N-dealkylation sites (tertiary alicyclic amines) is 1. The van der Waals surface area contributed by atoms with Gasteiger partial charge in [-0.15, -0.1) is 0 Å². The van der Waals surface area contributed by atoms with Crippen LogP contribution in [0.5, 0.6) is 11.5 Å². The molecule has 5 heteroatoms. The van der Waals surface area contributed by atoms with E-state index in [2.05, 4.69) is 4.90 Å². The molecule has 1 fully saturated rings. The van der Waals surface area contributed by atoms with Gasteiger partial charge in [0, 0.05) is 31.1 Å². The third-order valence-electron chi connectivity index (χ3n) is 4.89. The first-order valence-corrected chi connectivity index (χ1v) is 8.84. The number of amides is 1. The second-order valence-electron chi connectivity index (χ2n) is 6.24. The summed E-state index contributed by atoms with van der Waals surface area (Å²) in [6.07, 6.45) is 1.86. The zero-order chi connectivity index (χ0) is 17.5. The van der Waals surface area contributed by atoms with E-state index in [-0.39, 0.29) is 5.92 Å². The molecule has 0 aliphatic carbocycles. The van der Waals surface area contributed by atoms with Gasteiger partial charge in [0.25, 0.3) is 0 Å². The second-order valence-corrected chi connectivity index (χ2v) is 6.24. The second kappa shape index (κ2) is 8.92. The molecule has 5 nitrogen and oxygen atoms in total. The van der Waals surface area contributed by atoms with E-state index in [1.807, 2.05) is 36.9 Å². The number of hydrogen-bond donors (Lipinski definition) is 0. The van der Waals surface area contributed by atoms with Gasteiger partial charge in [-0.1, -0.05) is 0 Å². The molecule has 2 rings (SSSR count). The van der Waals surface area contributed by atoms with Gasteiger partial charge >= 0.3 is 0 Å². The average Bonchev–Trinajstić information content (AvgIpc) is 2.63. The first-order valence-electron chi connectivity index (χ1n) is 8.84. The lowest BCUT2D eigenvalue weighted by Crippen LogP contribution is -2.42. The fraction of sp³-hybridized carbons (Fsp3) is 0.632. The summed E-state index contributed by atoms with van der Waals surface area (Å²) in [5.41, 5.74) is 1.13. The molecule has 0 spiro atoms. The minimum Gasteiger partial charge on any atom is -0.497 e. The largest absolute Gasteiger partial charge is 0.497 e. The van der Waals surface area contributed by atoms with E-state index >= 15 is 0 Å². The lowest BCUT2D eigenvalue weighted by atomic mass is 9.95. The molecule has 0 atom stereocenters. The minimum atomic E-state index is 0.174. The first kappa shape index (κ1) is 18.6. The molecule has 1 aromatic carbocycles. The van der Waals surface area contributed by atoms with Crippen molar-refractivity contribution < 1.29 is 14.3 Å². The van der Waals surface area contributed by atoms with Crippen LogP contribution in [0, 0.1) is 5.92 Å². The molecule has 1 saturated heterocycles. The Kier molecular flexibility index (Phi) is 6.91. The van der Waals surface area contributed by atoms with Crippen molar-refractivity contribution in [1.82, 2.24) is 9.80 Å². The predicted octanol–water partition coefficient (Wildman–Crippen LogP) is 2.78. The van der Waals surface area contributed by atoms with Crippen LogP contribution in [0.3, 0.4) is 0 Å². The van der Waals surface area contributed by atoms with Gasteiger partial charge in [0.2, 0.25) is 5.91 Å². The Labute approximate surface area is 145 Å². The molecule has 1 aromatic rings. The highest BCUT2D eigenvalue weighted by Crippen LogP contribution is 2.27. The Morgan fingerprint density at radius 1 is 1.17 bits per heavy atom. The number of rotatable bonds is 7. The molecule has 24 heavy (non-hydrogen) atoms. The van der Waals surface area contributed by atoms with Gasteiger partial charge in [-0.05, 0) is 58.0 Å². The Hall–Kier alpha value is -1.75. The number of carbonyl (C=O) groups excluding carboxylic acids is 1. The minimum absolute atomic E-state index is 0.174.